The average Bonchev–Trinajstić information content (AvgIpc) is 2.53. The highest BCUT2D eigenvalue weighted by Crippen LogP contribution is 2.30. The first-order valence-corrected chi connectivity index (χ1v) is 8.74. The van der Waals surface area contributed by atoms with Gasteiger partial charge in [0.25, 0.3) is 15.7 Å². The SMILES string of the molecule is C=C[C@H]1C[C@@H](C(C)C)OC(=O)N1S(=O)(=O)c1ccc([N+](=O)[O-])cc1. The number of carbonyl (C=O) groups excluding carboxylic acids is 1. The number of nitro groups is 1. The minimum Gasteiger partial charge on any atom is -0.445 e. The molecule has 1 aliphatic heterocycles. The number of non-ortho nitro benzene ring substituents is 1. The number of rotatable bonds is 5. The Labute approximate surface area is 139 Å². The van der Waals surface area contributed by atoms with Crippen molar-refractivity contribution in [3.63, 3.8) is 0 Å². The van der Waals surface area contributed by atoms with Crippen LogP contribution >= 0.6 is 0 Å². The number of carbonyl (C=O) groups is 1. The van der Waals surface area contributed by atoms with Crippen molar-refractivity contribution in [2.24, 2.45) is 5.92 Å². The summed E-state index contributed by atoms with van der Waals surface area (Å²) in [5.74, 6) is 0.0422. The fourth-order valence-corrected chi connectivity index (χ4v) is 3.90. The van der Waals surface area contributed by atoms with Gasteiger partial charge in [0.1, 0.15) is 6.10 Å². The Balaban J connectivity index is 2.38. The van der Waals surface area contributed by atoms with E-state index in [-0.39, 0.29) is 16.5 Å². The number of cyclic esters (lactones) is 1. The maximum atomic E-state index is 12.7. The molecule has 2 rings (SSSR count). The van der Waals surface area contributed by atoms with Gasteiger partial charge in [0.2, 0.25) is 0 Å². The van der Waals surface area contributed by atoms with Gasteiger partial charge in [-0.3, -0.25) is 10.1 Å². The summed E-state index contributed by atoms with van der Waals surface area (Å²) in [5.41, 5.74) is -0.240. The van der Waals surface area contributed by atoms with Gasteiger partial charge in [-0.1, -0.05) is 19.9 Å². The molecule has 0 N–H and O–H groups in total. The summed E-state index contributed by atoms with van der Waals surface area (Å²) in [4.78, 5) is 22.1. The Morgan fingerprint density at radius 2 is 1.96 bits per heavy atom. The zero-order valence-electron chi connectivity index (χ0n) is 13.3. The molecule has 2 atom stereocenters. The molecule has 1 fully saturated rings. The highest BCUT2D eigenvalue weighted by molar-refractivity contribution is 7.89. The summed E-state index contributed by atoms with van der Waals surface area (Å²) in [6.45, 7) is 7.35. The predicted octanol–water partition coefficient (Wildman–Crippen LogP) is 2.71. The van der Waals surface area contributed by atoms with E-state index in [1.807, 2.05) is 13.8 Å². The summed E-state index contributed by atoms with van der Waals surface area (Å²) >= 11 is 0. The van der Waals surface area contributed by atoms with E-state index in [2.05, 4.69) is 6.58 Å². The largest absolute Gasteiger partial charge is 0.445 e. The third kappa shape index (κ3) is 3.25. The average molecular weight is 354 g/mol. The summed E-state index contributed by atoms with van der Waals surface area (Å²) < 4.78 is 31.3. The van der Waals surface area contributed by atoms with E-state index in [9.17, 15) is 23.3 Å². The molecule has 0 radical (unpaired) electrons. The highest BCUT2D eigenvalue weighted by atomic mass is 32.2. The van der Waals surface area contributed by atoms with Gasteiger partial charge in [0, 0.05) is 18.6 Å². The van der Waals surface area contributed by atoms with Crippen molar-refractivity contribution in [3.8, 4) is 0 Å². The summed E-state index contributed by atoms with van der Waals surface area (Å²) in [6, 6.07) is 3.59. The lowest BCUT2D eigenvalue weighted by Gasteiger charge is -2.37. The summed E-state index contributed by atoms with van der Waals surface area (Å²) in [6.07, 6.45) is 0.324. The molecule has 1 aliphatic rings. The van der Waals surface area contributed by atoms with Crippen molar-refractivity contribution in [2.45, 2.75) is 37.3 Å². The predicted molar refractivity (Wildman–Crippen MR) is 85.8 cm³/mol. The second-order valence-electron chi connectivity index (χ2n) is 5.76. The van der Waals surface area contributed by atoms with Crippen LogP contribution in [0.3, 0.4) is 0 Å². The molecule has 1 amide bonds. The van der Waals surface area contributed by atoms with Gasteiger partial charge in [-0.05, 0) is 18.1 Å². The molecule has 0 spiro atoms. The molecule has 0 bridgehead atoms. The molecule has 0 unspecified atom stereocenters. The van der Waals surface area contributed by atoms with E-state index in [0.717, 1.165) is 24.3 Å². The van der Waals surface area contributed by atoms with Crippen LogP contribution in [0.1, 0.15) is 20.3 Å². The smallest absolute Gasteiger partial charge is 0.424 e. The van der Waals surface area contributed by atoms with Crippen LogP contribution in [0.25, 0.3) is 0 Å². The van der Waals surface area contributed by atoms with Gasteiger partial charge in [0.05, 0.1) is 15.9 Å². The Morgan fingerprint density at radius 1 is 1.38 bits per heavy atom. The monoisotopic (exact) mass is 354 g/mol. The van der Waals surface area contributed by atoms with Crippen molar-refractivity contribution < 1.29 is 22.9 Å². The van der Waals surface area contributed by atoms with E-state index >= 15 is 0 Å². The fraction of sp³-hybridized carbons (Fsp3) is 0.400. The molecule has 130 valence electrons. The number of amides is 1. The number of hydrogen-bond acceptors (Lipinski definition) is 6. The van der Waals surface area contributed by atoms with Crippen molar-refractivity contribution in [1.29, 1.82) is 0 Å². The van der Waals surface area contributed by atoms with E-state index in [4.69, 9.17) is 4.74 Å². The number of nitro benzene ring substituents is 1. The lowest BCUT2D eigenvalue weighted by molar-refractivity contribution is -0.384. The molecule has 9 heteroatoms. The van der Waals surface area contributed by atoms with Crippen LogP contribution < -0.4 is 0 Å². The van der Waals surface area contributed by atoms with Gasteiger partial charge in [-0.25, -0.2) is 13.2 Å². The number of sulfonamides is 1. The molecule has 1 heterocycles. The second kappa shape index (κ2) is 6.60. The number of hydrogen-bond donors (Lipinski definition) is 0. The van der Waals surface area contributed by atoms with Gasteiger partial charge in [0.15, 0.2) is 0 Å². The normalized spacial score (nSPS) is 21.5. The second-order valence-corrected chi connectivity index (χ2v) is 7.57. The summed E-state index contributed by atoms with van der Waals surface area (Å²) in [7, 11) is -4.20. The standard InChI is InChI=1S/C15H18N2O6S/c1-4-11-9-14(10(2)3)23-15(18)16(11)24(21,22)13-7-5-12(6-8-13)17(19)20/h4-8,10-11,14H,1,9H2,2-3H3/t11-,14-/m0/s1. The maximum absolute atomic E-state index is 12.7. The fourth-order valence-electron chi connectivity index (χ4n) is 2.43. The lowest BCUT2D eigenvalue weighted by atomic mass is 9.98. The van der Waals surface area contributed by atoms with Gasteiger partial charge < -0.3 is 4.74 Å². The van der Waals surface area contributed by atoms with Gasteiger partial charge in [-0.2, -0.15) is 4.31 Å². The number of benzene rings is 1. The Bertz CT molecular complexity index is 757. The van der Waals surface area contributed by atoms with Crippen molar-refractivity contribution in [2.75, 3.05) is 0 Å². The molecule has 0 aliphatic carbocycles. The van der Waals surface area contributed by atoms with Crippen LogP contribution in [0, 0.1) is 16.0 Å². The molecule has 0 aromatic heterocycles. The van der Waals surface area contributed by atoms with Gasteiger partial charge >= 0.3 is 6.09 Å². The third-order valence-electron chi connectivity index (χ3n) is 3.83. The Hall–Kier alpha value is -2.42. The molecule has 1 aromatic rings. The van der Waals surface area contributed by atoms with Crippen LogP contribution in [0.15, 0.2) is 41.8 Å². The van der Waals surface area contributed by atoms with Crippen LogP contribution in [-0.4, -0.2) is 35.9 Å². The first-order valence-electron chi connectivity index (χ1n) is 7.30. The van der Waals surface area contributed by atoms with E-state index in [0.29, 0.717) is 10.7 Å². The molecular weight excluding hydrogens is 336 g/mol. The third-order valence-corrected chi connectivity index (χ3v) is 5.63. The van der Waals surface area contributed by atoms with Crippen molar-refractivity contribution >= 4 is 21.8 Å². The molecular formula is C15H18N2O6S. The zero-order valence-corrected chi connectivity index (χ0v) is 14.1. The van der Waals surface area contributed by atoms with Gasteiger partial charge in [-0.15, -0.1) is 6.58 Å². The summed E-state index contributed by atoms with van der Waals surface area (Å²) in [5, 5.41) is 10.7. The quantitative estimate of drug-likeness (QED) is 0.457. The first kappa shape index (κ1) is 17.9. The maximum Gasteiger partial charge on any atom is 0.424 e. The number of nitrogens with zero attached hydrogens (tertiary/aromatic N) is 2. The van der Waals surface area contributed by atoms with E-state index < -0.39 is 33.2 Å². The number of ether oxygens (including phenoxy) is 1. The molecule has 0 saturated carbocycles. The van der Waals surface area contributed by atoms with E-state index in [1.54, 1.807) is 0 Å². The van der Waals surface area contributed by atoms with Crippen molar-refractivity contribution in [1.82, 2.24) is 4.31 Å². The van der Waals surface area contributed by atoms with E-state index in [1.165, 1.54) is 6.08 Å². The molecule has 24 heavy (non-hydrogen) atoms. The zero-order chi connectivity index (χ0) is 18.1. The van der Waals surface area contributed by atoms with Crippen LogP contribution in [0.2, 0.25) is 0 Å². The molecule has 1 aromatic carbocycles. The van der Waals surface area contributed by atoms with Crippen LogP contribution in [0.4, 0.5) is 10.5 Å². The molecule has 1 saturated heterocycles. The Morgan fingerprint density at radius 3 is 2.42 bits per heavy atom. The topological polar surface area (TPSA) is 107 Å². The molecule has 8 nitrogen and oxygen atoms in total. The lowest BCUT2D eigenvalue weighted by Crippen LogP contribution is -2.51. The first-order chi connectivity index (χ1) is 11.2. The minimum absolute atomic E-state index is 0.0422. The highest BCUT2D eigenvalue weighted by Gasteiger charge is 2.42. The van der Waals surface area contributed by atoms with Crippen LogP contribution in [0.5, 0.6) is 0 Å². The van der Waals surface area contributed by atoms with Crippen LogP contribution in [-0.2, 0) is 14.8 Å². The van der Waals surface area contributed by atoms with Crippen molar-refractivity contribution in [3.05, 3.63) is 47.0 Å². The Kier molecular flexibility index (Phi) is 4.93. The minimum atomic E-state index is -4.20.